The first kappa shape index (κ1) is 19.5. The highest BCUT2D eigenvalue weighted by atomic mass is 35.5. The van der Waals surface area contributed by atoms with E-state index < -0.39 is 22.5 Å². The third-order valence-electron chi connectivity index (χ3n) is 4.08. The highest BCUT2D eigenvalue weighted by molar-refractivity contribution is 6.30. The summed E-state index contributed by atoms with van der Waals surface area (Å²) in [5, 5.41) is 18.2. The molecular weight excluding hydrogens is 387 g/mol. The van der Waals surface area contributed by atoms with Crippen LogP contribution in [0.1, 0.15) is 21.6 Å². The Morgan fingerprint density at radius 3 is 2.61 bits per heavy atom. The molecular formula is C19H16ClFN4O3. The first-order valence-electron chi connectivity index (χ1n) is 8.42. The molecule has 0 aliphatic carbocycles. The summed E-state index contributed by atoms with van der Waals surface area (Å²) >= 11 is 5.84. The van der Waals surface area contributed by atoms with Crippen LogP contribution in [0.4, 0.5) is 10.2 Å². The van der Waals surface area contributed by atoms with Gasteiger partial charge in [0.2, 0.25) is 0 Å². The number of aromatic nitrogens is 2. The Morgan fingerprint density at radius 2 is 1.93 bits per heavy atom. The standard InChI is InChI=1S/C19H16ClFN4O3/c20-15-7-5-13(6-8-15)9-10-22-19(26)17-11-18(25(27)28)23-24(17)12-14-3-1-2-4-16(14)21/h1-8,11H,9-10,12H2,(H,22,26). The number of benzene rings is 2. The van der Waals surface area contributed by atoms with E-state index in [0.29, 0.717) is 18.0 Å². The zero-order valence-corrected chi connectivity index (χ0v) is 15.4. The molecule has 1 N–H and O–H groups in total. The SMILES string of the molecule is O=C(NCCc1ccc(Cl)cc1)c1cc([N+](=O)[O-])nn1Cc1ccccc1F. The number of nitrogens with one attached hydrogen (secondary N) is 1. The second kappa shape index (κ2) is 8.62. The summed E-state index contributed by atoms with van der Waals surface area (Å²) < 4.78 is 15.0. The minimum Gasteiger partial charge on any atom is -0.358 e. The van der Waals surface area contributed by atoms with E-state index in [2.05, 4.69) is 10.4 Å². The predicted molar refractivity (Wildman–Crippen MR) is 102 cm³/mol. The molecule has 0 bridgehead atoms. The average Bonchev–Trinajstić information content (AvgIpc) is 3.09. The second-order valence-corrected chi connectivity index (χ2v) is 6.46. The molecule has 3 rings (SSSR count). The Balaban J connectivity index is 1.73. The maximum absolute atomic E-state index is 13.9. The van der Waals surface area contributed by atoms with Crippen molar-refractivity contribution < 1.29 is 14.1 Å². The lowest BCUT2D eigenvalue weighted by molar-refractivity contribution is -0.389. The molecule has 0 unspecified atom stereocenters. The van der Waals surface area contributed by atoms with Gasteiger partial charge < -0.3 is 15.4 Å². The van der Waals surface area contributed by atoms with Crippen molar-refractivity contribution in [2.45, 2.75) is 13.0 Å². The van der Waals surface area contributed by atoms with Gasteiger partial charge in [-0.1, -0.05) is 41.9 Å². The van der Waals surface area contributed by atoms with Crippen LogP contribution < -0.4 is 5.32 Å². The number of hydrogen-bond acceptors (Lipinski definition) is 4. The number of carbonyl (C=O) groups is 1. The lowest BCUT2D eigenvalue weighted by Gasteiger charge is -2.07. The molecule has 144 valence electrons. The molecule has 0 saturated carbocycles. The van der Waals surface area contributed by atoms with Gasteiger partial charge in [0.05, 0.1) is 17.7 Å². The van der Waals surface area contributed by atoms with Gasteiger partial charge in [0.1, 0.15) is 5.82 Å². The van der Waals surface area contributed by atoms with Gasteiger partial charge in [-0.2, -0.15) is 4.68 Å². The Kier molecular flexibility index (Phi) is 6.00. The molecule has 1 amide bonds. The van der Waals surface area contributed by atoms with Crippen LogP contribution in [0.3, 0.4) is 0 Å². The fourth-order valence-corrected chi connectivity index (χ4v) is 2.77. The van der Waals surface area contributed by atoms with Crippen LogP contribution in [-0.4, -0.2) is 27.2 Å². The highest BCUT2D eigenvalue weighted by Gasteiger charge is 2.23. The molecule has 0 aliphatic heterocycles. The van der Waals surface area contributed by atoms with Gasteiger partial charge >= 0.3 is 5.82 Å². The van der Waals surface area contributed by atoms with E-state index in [1.807, 2.05) is 12.1 Å². The van der Waals surface area contributed by atoms with E-state index in [4.69, 9.17) is 11.6 Å². The molecule has 3 aromatic rings. The topological polar surface area (TPSA) is 90.1 Å². The summed E-state index contributed by atoms with van der Waals surface area (Å²) in [4.78, 5) is 22.9. The van der Waals surface area contributed by atoms with Crippen molar-refractivity contribution in [3.63, 3.8) is 0 Å². The van der Waals surface area contributed by atoms with Gasteiger partial charge in [0.25, 0.3) is 5.91 Å². The monoisotopic (exact) mass is 402 g/mol. The van der Waals surface area contributed by atoms with Gasteiger partial charge in [0, 0.05) is 17.1 Å². The smallest absolute Gasteiger partial charge is 0.358 e. The van der Waals surface area contributed by atoms with Crippen molar-refractivity contribution in [2.24, 2.45) is 0 Å². The summed E-state index contributed by atoms with van der Waals surface area (Å²) in [5.74, 6) is -1.47. The Morgan fingerprint density at radius 1 is 1.21 bits per heavy atom. The van der Waals surface area contributed by atoms with Crippen LogP contribution in [0.2, 0.25) is 5.02 Å². The Bertz CT molecular complexity index is 1000. The van der Waals surface area contributed by atoms with E-state index in [1.165, 1.54) is 18.2 Å². The summed E-state index contributed by atoms with van der Waals surface area (Å²) in [6, 6.07) is 14.3. The third kappa shape index (κ3) is 4.72. The zero-order valence-electron chi connectivity index (χ0n) is 14.6. The lowest BCUT2D eigenvalue weighted by Crippen LogP contribution is -2.28. The molecule has 0 saturated heterocycles. The van der Waals surface area contributed by atoms with E-state index in [1.54, 1.807) is 18.2 Å². The molecule has 1 heterocycles. The lowest BCUT2D eigenvalue weighted by atomic mass is 10.1. The number of amides is 1. The maximum Gasteiger partial charge on any atom is 0.390 e. The quantitative estimate of drug-likeness (QED) is 0.483. The van der Waals surface area contributed by atoms with Crippen LogP contribution in [0.5, 0.6) is 0 Å². The number of rotatable bonds is 7. The number of nitro groups is 1. The first-order valence-corrected chi connectivity index (χ1v) is 8.80. The van der Waals surface area contributed by atoms with Crippen molar-refractivity contribution in [2.75, 3.05) is 6.54 Å². The van der Waals surface area contributed by atoms with Gasteiger partial charge in [-0.25, -0.2) is 4.39 Å². The predicted octanol–water partition coefficient (Wildman–Crippen LogP) is 3.60. The number of carbonyl (C=O) groups excluding carboxylic acids is 1. The Hall–Kier alpha value is -3.26. The normalized spacial score (nSPS) is 10.6. The largest absolute Gasteiger partial charge is 0.390 e. The van der Waals surface area contributed by atoms with Crippen molar-refractivity contribution in [1.82, 2.24) is 15.1 Å². The van der Waals surface area contributed by atoms with Crippen LogP contribution in [0, 0.1) is 15.9 Å². The molecule has 0 radical (unpaired) electrons. The van der Waals surface area contributed by atoms with E-state index in [0.717, 1.165) is 16.3 Å². The van der Waals surface area contributed by atoms with E-state index in [9.17, 15) is 19.3 Å². The van der Waals surface area contributed by atoms with Crippen LogP contribution in [0.25, 0.3) is 0 Å². The minimum absolute atomic E-state index is 0.00828. The highest BCUT2D eigenvalue weighted by Crippen LogP contribution is 2.16. The van der Waals surface area contributed by atoms with Crippen molar-refractivity contribution in [3.8, 4) is 0 Å². The molecule has 0 spiro atoms. The Labute approximate surface area is 164 Å². The summed E-state index contributed by atoms with van der Waals surface area (Å²) in [5.41, 5.74) is 1.25. The summed E-state index contributed by atoms with van der Waals surface area (Å²) in [6.45, 7) is 0.222. The number of nitrogens with zero attached hydrogens (tertiary/aromatic N) is 3. The minimum atomic E-state index is -0.692. The molecule has 28 heavy (non-hydrogen) atoms. The summed E-state index contributed by atoms with van der Waals surface area (Å²) in [6.07, 6.45) is 0.562. The van der Waals surface area contributed by atoms with Crippen molar-refractivity contribution in [1.29, 1.82) is 0 Å². The van der Waals surface area contributed by atoms with Crippen molar-refractivity contribution in [3.05, 3.63) is 92.4 Å². The molecule has 9 heteroatoms. The molecule has 0 atom stereocenters. The van der Waals surface area contributed by atoms with Crippen LogP contribution >= 0.6 is 11.6 Å². The number of hydrogen-bond donors (Lipinski definition) is 1. The van der Waals surface area contributed by atoms with Gasteiger partial charge in [-0.3, -0.25) is 4.79 Å². The van der Waals surface area contributed by atoms with Gasteiger partial charge in [0.15, 0.2) is 5.69 Å². The van der Waals surface area contributed by atoms with Gasteiger partial charge in [-0.15, -0.1) is 0 Å². The zero-order chi connectivity index (χ0) is 20.1. The fourth-order valence-electron chi connectivity index (χ4n) is 2.65. The molecule has 1 aromatic heterocycles. The maximum atomic E-state index is 13.9. The average molecular weight is 403 g/mol. The van der Waals surface area contributed by atoms with Crippen LogP contribution in [0.15, 0.2) is 54.6 Å². The molecule has 2 aromatic carbocycles. The van der Waals surface area contributed by atoms with Gasteiger partial charge in [-0.05, 0) is 35.1 Å². The second-order valence-electron chi connectivity index (χ2n) is 6.03. The molecule has 0 fully saturated rings. The third-order valence-corrected chi connectivity index (χ3v) is 4.33. The fraction of sp³-hybridized carbons (Fsp3) is 0.158. The molecule has 7 nitrogen and oxygen atoms in total. The van der Waals surface area contributed by atoms with E-state index >= 15 is 0 Å². The summed E-state index contributed by atoms with van der Waals surface area (Å²) in [7, 11) is 0. The van der Waals surface area contributed by atoms with Crippen molar-refractivity contribution >= 4 is 23.3 Å². The number of halogens is 2. The molecule has 0 aliphatic rings. The van der Waals surface area contributed by atoms with Crippen LogP contribution in [-0.2, 0) is 13.0 Å². The van der Waals surface area contributed by atoms with E-state index in [-0.39, 0.29) is 17.8 Å². The first-order chi connectivity index (χ1) is 13.4.